The van der Waals surface area contributed by atoms with Gasteiger partial charge in [0.25, 0.3) is 0 Å². The van der Waals surface area contributed by atoms with Gasteiger partial charge < -0.3 is 14.6 Å². The zero-order valence-corrected chi connectivity index (χ0v) is 11.6. The molecule has 4 heteroatoms. The fourth-order valence-corrected chi connectivity index (χ4v) is 1.71. The van der Waals surface area contributed by atoms with Crippen molar-refractivity contribution in [3.8, 4) is 23.3 Å². The molecule has 0 spiro atoms. The summed E-state index contributed by atoms with van der Waals surface area (Å²) in [5.74, 6) is 6.09. The van der Waals surface area contributed by atoms with E-state index < -0.39 is 0 Å². The maximum Gasteiger partial charge on any atom is 0.133 e. The van der Waals surface area contributed by atoms with E-state index in [-0.39, 0.29) is 19.0 Å². The minimum absolute atomic E-state index is 0.136. The van der Waals surface area contributed by atoms with Gasteiger partial charge in [-0.1, -0.05) is 11.8 Å². The highest BCUT2D eigenvalue weighted by Gasteiger charge is 2.05. The maximum atomic E-state index is 13.7. The number of hydrogen-bond acceptors (Lipinski definition) is 3. The van der Waals surface area contributed by atoms with E-state index in [1.54, 1.807) is 36.4 Å². The summed E-state index contributed by atoms with van der Waals surface area (Å²) in [5, 5.41) is 8.61. The van der Waals surface area contributed by atoms with Gasteiger partial charge in [0.1, 0.15) is 30.5 Å². The second-order valence-corrected chi connectivity index (χ2v) is 4.23. The zero-order chi connectivity index (χ0) is 15.1. The predicted molar refractivity (Wildman–Crippen MR) is 77.7 cm³/mol. The number of ether oxygens (including phenoxy) is 2. The van der Waals surface area contributed by atoms with Crippen LogP contribution in [0.15, 0.2) is 42.5 Å². The molecule has 0 heterocycles. The molecule has 1 N–H and O–H groups in total. The average molecular weight is 286 g/mol. The highest BCUT2D eigenvalue weighted by molar-refractivity contribution is 5.38. The number of aliphatic hydroxyl groups excluding tert-OH is 1. The van der Waals surface area contributed by atoms with Crippen molar-refractivity contribution in [2.75, 3.05) is 13.7 Å². The van der Waals surface area contributed by atoms with Crippen LogP contribution < -0.4 is 9.47 Å². The van der Waals surface area contributed by atoms with Gasteiger partial charge in [0, 0.05) is 17.2 Å². The van der Waals surface area contributed by atoms with Crippen molar-refractivity contribution in [1.29, 1.82) is 0 Å². The SMILES string of the molecule is COc1ccc(COc2ccc(C#CCO)cc2)c(F)c1. The predicted octanol–water partition coefficient (Wildman–Crippen LogP) is 2.76. The Morgan fingerprint density at radius 3 is 2.43 bits per heavy atom. The van der Waals surface area contributed by atoms with E-state index in [2.05, 4.69) is 11.8 Å². The summed E-state index contributed by atoms with van der Waals surface area (Å²) in [6, 6.07) is 11.7. The second kappa shape index (κ2) is 7.32. The van der Waals surface area contributed by atoms with Crippen LogP contribution in [0.4, 0.5) is 4.39 Å². The second-order valence-electron chi connectivity index (χ2n) is 4.23. The molecule has 0 saturated carbocycles. The molecule has 0 atom stereocenters. The van der Waals surface area contributed by atoms with E-state index in [4.69, 9.17) is 14.6 Å². The quantitative estimate of drug-likeness (QED) is 0.878. The highest BCUT2D eigenvalue weighted by Crippen LogP contribution is 2.19. The molecule has 3 nitrogen and oxygen atoms in total. The standard InChI is InChI=1S/C17H15FO3/c1-20-16-9-6-14(17(18)11-16)12-21-15-7-4-13(5-8-15)3-2-10-19/h4-9,11,19H,10,12H2,1H3. The Morgan fingerprint density at radius 1 is 1.10 bits per heavy atom. The first-order chi connectivity index (χ1) is 10.2. The van der Waals surface area contributed by atoms with Gasteiger partial charge in [-0.3, -0.25) is 0 Å². The number of halogens is 1. The van der Waals surface area contributed by atoms with Crippen molar-refractivity contribution in [3.05, 3.63) is 59.4 Å². The van der Waals surface area contributed by atoms with E-state index >= 15 is 0 Å². The minimum Gasteiger partial charge on any atom is -0.497 e. The number of hydrogen-bond donors (Lipinski definition) is 1. The van der Waals surface area contributed by atoms with Crippen LogP contribution in [0, 0.1) is 17.7 Å². The monoisotopic (exact) mass is 286 g/mol. The number of rotatable bonds is 4. The van der Waals surface area contributed by atoms with E-state index in [1.807, 2.05) is 0 Å². The third-order valence-electron chi connectivity index (χ3n) is 2.82. The summed E-state index contributed by atoms with van der Waals surface area (Å²) in [6.07, 6.45) is 0. The molecule has 108 valence electrons. The molecule has 0 aliphatic carbocycles. The van der Waals surface area contributed by atoms with E-state index in [9.17, 15) is 4.39 Å². The summed E-state index contributed by atoms with van der Waals surface area (Å²) < 4.78 is 24.2. The zero-order valence-electron chi connectivity index (χ0n) is 11.6. The molecule has 2 rings (SSSR count). The first-order valence-corrected chi connectivity index (χ1v) is 6.38. The van der Waals surface area contributed by atoms with Gasteiger partial charge in [-0.25, -0.2) is 4.39 Å². The number of aliphatic hydroxyl groups is 1. The lowest BCUT2D eigenvalue weighted by Gasteiger charge is -2.08. The fourth-order valence-electron chi connectivity index (χ4n) is 1.71. The number of methoxy groups -OCH3 is 1. The van der Waals surface area contributed by atoms with Crippen molar-refractivity contribution in [3.63, 3.8) is 0 Å². The van der Waals surface area contributed by atoms with Crippen LogP contribution in [0.2, 0.25) is 0 Å². The Kier molecular flexibility index (Phi) is 5.19. The third-order valence-corrected chi connectivity index (χ3v) is 2.82. The lowest BCUT2D eigenvalue weighted by atomic mass is 10.2. The van der Waals surface area contributed by atoms with Crippen LogP contribution >= 0.6 is 0 Å². The van der Waals surface area contributed by atoms with Gasteiger partial charge in [0.05, 0.1) is 7.11 Å². The minimum atomic E-state index is -0.361. The summed E-state index contributed by atoms with van der Waals surface area (Å²) in [7, 11) is 1.49. The molecule has 0 aliphatic heterocycles. The molecule has 2 aromatic carbocycles. The normalized spacial score (nSPS) is 9.67. The molecule has 0 bridgehead atoms. The molecule has 21 heavy (non-hydrogen) atoms. The van der Waals surface area contributed by atoms with Crippen LogP contribution in [-0.4, -0.2) is 18.8 Å². The summed E-state index contributed by atoms with van der Waals surface area (Å²) in [5.41, 5.74) is 1.24. The summed E-state index contributed by atoms with van der Waals surface area (Å²) in [6.45, 7) is -0.0352. The van der Waals surface area contributed by atoms with Crippen LogP contribution in [0.5, 0.6) is 11.5 Å². The Bertz CT molecular complexity index is 654. The molecule has 2 aromatic rings. The lowest BCUT2D eigenvalue weighted by molar-refractivity contribution is 0.299. The average Bonchev–Trinajstić information content (AvgIpc) is 2.52. The van der Waals surface area contributed by atoms with Gasteiger partial charge in [0.2, 0.25) is 0 Å². The van der Waals surface area contributed by atoms with Gasteiger partial charge >= 0.3 is 0 Å². The molecular weight excluding hydrogens is 271 g/mol. The third kappa shape index (κ3) is 4.23. The van der Waals surface area contributed by atoms with Crippen molar-refractivity contribution in [2.45, 2.75) is 6.61 Å². The van der Waals surface area contributed by atoms with E-state index in [0.29, 0.717) is 17.1 Å². The molecule has 0 fully saturated rings. The van der Waals surface area contributed by atoms with Crippen LogP contribution in [0.3, 0.4) is 0 Å². The fraction of sp³-hybridized carbons (Fsp3) is 0.176. The summed E-state index contributed by atoms with van der Waals surface area (Å²) in [4.78, 5) is 0. The van der Waals surface area contributed by atoms with Gasteiger partial charge in [-0.05, 0) is 36.4 Å². The van der Waals surface area contributed by atoms with Gasteiger partial charge in [-0.15, -0.1) is 0 Å². The molecule has 0 unspecified atom stereocenters. The molecule has 0 aromatic heterocycles. The van der Waals surface area contributed by atoms with Gasteiger partial charge in [0.15, 0.2) is 0 Å². The smallest absolute Gasteiger partial charge is 0.133 e. The lowest BCUT2D eigenvalue weighted by Crippen LogP contribution is -1.99. The van der Waals surface area contributed by atoms with Crippen molar-refractivity contribution in [1.82, 2.24) is 0 Å². The largest absolute Gasteiger partial charge is 0.497 e. The summed E-state index contributed by atoms with van der Waals surface area (Å²) >= 11 is 0. The molecule has 0 radical (unpaired) electrons. The topological polar surface area (TPSA) is 38.7 Å². The van der Waals surface area contributed by atoms with E-state index in [0.717, 1.165) is 5.56 Å². The first-order valence-electron chi connectivity index (χ1n) is 6.38. The van der Waals surface area contributed by atoms with Crippen molar-refractivity contribution in [2.24, 2.45) is 0 Å². The Hall–Kier alpha value is -2.51. The molecule has 0 saturated heterocycles. The van der Waals surface area contributed by atoms with Crippen molar-refractivity contribution < 1.29 is 19.0 Å². The highest BCUT2D eigenvalue weighted by atomic mass is 19.1. The number of benzene rings is 2. The van der Waals surface area contributed by atoms with E-state index in [1.165, 1.54) is 13.2 Å². The molecular formula is C17H15FO3. The Morgan fingerprint density at radius 2 is 1.81 bits per heavy atom. The molecule has 0 amide bonds. The van der Waals surface area contributed by atoms with Crippen LogP contribution in [0.25, 0.3) is 0 Å². The maximum absolute atomic E-state index is 13.7. The Balaban J connectivity index is 1.99. The van der Waals surface area contributed by atoms with Crippen LogP contribution in [-0.2, 0) is 6.61 Å². The van der Waals surface area contributed by atoms with Gasteiger partial charge in [-0.2, -0.15) is 0 Å². The van der Waals surface area contributed by atoms with Crippen molar-refractivity contribution >= 4 is 0 Å². The molecule has 0 aliphatic rings. The first kappa shape index (κ1) is 14.9. The Labute approximate surface area is 122 Å². The van der Waals surface area contributed by atoms with Crippen LogP contribution in [0.1, 0.15) is 11.1 Å².